The molecule has 0 aliphatic heterocycles. The Morgan fingerprint density at radius 2 is 1.03 bits per heavy atom. The second-order valence-corrected chi connectivity index (χ2v) is 7.81. The number of hydrogen-bond acceptors (Lipinski definition) is 12. The normalized spacial score (nSPS) is 11.3. The van der Waals surface area contributed by atoms with E-state index >= 15 is 0 Å². The van der Waals surface area contributed by atoms with Gasteiger partial charge in [-0.15, -0.1) is 10.2 Å². The minimum Gasteiger partial charge on any atom is -0.744 e. The van der Waals surface area contributed by atoms with E-state index in [2.05, 4.69) is 20.6 Å². The average Bonchev–Trinajstić information content (AvgIpc) is 3.17. The van der Waals surface area contributed by atoms with E-state index in [0.29, 0.717) is 9.69 Å². The third-order valence-corrected chi connectivity index (χ3v) is 5.12. The summed E-state index contributed by atoms with van der Waals surface area (Å²) in [7, 11) is -9.19. The predicted molar refractivity (Wildman–Crippen MR) is 85.4 cm³/mol. The van der Waals surface area contributed by atoms with Crippen LogP contribution in [-0.2, 0) is 20.2 Å². The second-order valence-electron chi connectivity index (χ2n) is 5.11. The molecule has 2 N–H and O–H groups in total. The molecule has 0 bridgehead atoms. The van der Waals surface area contributed by atoms with Crippen LogP contribution in [0.5, 0.6) is 0 Å². The van der Waals surface area contributed by atoms with Gasteiger partial charge in [-0.05, 0) is 34.7 Å². The van der Waals surface area contributed by atoms with Crippen molar-refractivity contribution in [3.63, 3.8) is 0 Å². The molecule has 148 valence electrons. The van der Waals surface area contributed by atoms with Gasteiger partial charge in [0, 0.05) is 0 Å². The standard InChI is InChI=1S/2C6H5N3O4S.2Na/c2*10-9-4-2-1-3-5(14(11,12)13)6(4)7-8-9;;/h2*1-3,10H,(H,11,12,13);;/q;;2*+1/p-2. The van der Waals surface area contributed by atoms with E-state index in [4.69, 9.17) is 10.4 Å². The molecule has 4 aromatic rings. The van der Waals surface area contributed by atoms with Gasteiger partial charge in [-0.3, -0.25) is 0 Å². The van der Waals surface area contributed by atoms with Gasteiger partial charge in [-0.1, -0.05) is 21.8 Å². The Balaban J connectivity index is 0.000000281. The first-order valence-electron chi connectivity index (χ1n) is 6.99. The van der Waals surface area contributed by atoms with Crippen molar-refractivity contribution in [2.75, 3.05) is 0 Å². The summed E-state index contributed by atoms with van der Waals surface area (Å²) in [6.45, 7) is 0. The SMILES string of the molecule is O=S(=O)([O-])c1cccc2c1nnn2O.O=S(=O)([O-])c1cccc2c1nnn2O.[Na+].[Na+]. The molecule has 2 aromatic carbocycles. The molecule has 0 aliphatic carbocycles. The van der Waals surface area contributed by atoms with Gasteiger partial charge in [0.05, 0.1) is 9.79 Å². The van der Waals surface area contributed by atoms with Crippen LogP contribution < -0.4 is 59.1 Å². The van der Waals surface area contributed by atoms with E-state index in [1.54, 1.807) is 0 Å². The minimum absolute atomic E-state index is 0. The van der Waals surface area contributed by atoms with Gasteiger partial charge >= 0.3 is 59.1 Å². The molecule has 18 heteroatoms. The molecule has 0 radical (unpaired) electrons. The molecular weight excluding hydrogens is 466 g/mol. The fourth-order valence-corrected chi connectivity index (χ4v) is 3.47. The van der Waals surface area contributed by atoms with Gasteiger partial charge in [-0.25, -0.2) is 16.8 Å². The Morgan fingerprint density at radius 3 is 1.33 bits per heavy atom. The topological polar surface area (TPSA) is 216 Å². The molecule has 2 heterocycles. The third-order valence-electron chi connectivity index (χ3n) is 3.38. The van der Waals surface area contributed by atoms with Crippen LogP contribution in [0.2, 0.25) is 0 Å². The molecule has 0 amide bonds. The molecule has 0 spiro atoms. The average molecular weight is 474 g/mol. The first-order valence-corrected chi connectivity index (χ1v) is 9.81. The number of hydrogen-bond donors (Lipinski definition) is 2. The Morgan fingerprint density at radius 1 is 0.700 bits per heavy atom. The van der Waals surface area contributed by atoms with Crippen LogP contribution in [0.3, 0.4) is 0 Å². The van der Waals surface area contributed by atoms with Gasteiger partial charge in [0.15, 0.2) is 0 Å². The van der Waals surface area contributed by atoms with Crippen molar-refractivity contribution in [3.8, 4) is 0 Å². The van der Waals surface area contributed by atoms with E-state index in [1.807, 2.05) is 0 Å². The zero-order valence-corrected chi connectivity index (χ0v) is 20.9. The van der Waals surface area contributed by atoms with Crippen molar-refractivity contribution in [1.82, 2.24) is 30.3 Å². The van der Waals surface area contributed by atoms with Crippen molar-refractivity contribution in [2.24, 2.45) is 0 Å². The number of nitrogens with zero attached hydrogens (tertiary/aromatic N) is 6. The fraction of sp³-hybridized carbons (Fsp3) is 0. The molecular formula is C12H8N6Na2O8S2. The monoisotopic (exact) mass is 474 g/mol. The summed E-state index contributed by atoms with van der Waals surface area (Å²) in [5.74, 6) is 0. The van der Waals surface area contributed by atoms with Gasteiger partial charge in [0.2, 0.25) is 0 Å². The quantitative estimate of drug-likeness (QED) is 0.157. The molecule has 4 rings (SSSR count). The zero-order chi connectivity index (χ0) is 20.7. The van der Waals surface area contributed by atoms with Crippen molar-refractivity contribution >= 4 is 42.3 Å². The van der Waals surface area contributed by atoms with E-state index < -0.39 is 30.0 Å². The second kappa shape index (κ2) is 9.86. The summed E-state index contributed by atoms with van der Waals surface area (Å²) in [6.07, 6.45) is 0. The summed E-state index contributed by atoms with van der Waals surface area (Å²) >= 11 is 0. The Hall–Kier alpha value is -1.34. The minimum atomic E-state index is -4.59. The first kappa shape index (κ1) is 26.7. The number of fused-ring (bicyclic) bond motifs is 2. The van der Waals surface area contributed by atoms with E-state index in [1.165, 1.54) is 24.3 Å². The van der Waals surface area contributed by atoms with Crippen LogP contribution in [0, 0.1) is 0 Å². The Kier molecular flexibility index (Phi) is 8.77. The van der Waals surface area contributed by atoms with Crippen molar-refractivity contribution in [2.45, 2.75) is 9.79 Å². The van der Waals surface area contributed by atoms with Crippen LogP contribution in [-0.4, -0.2) is 66.7 Å². The van der Waals surface area contributed by atoms with Crippen LogP contribution in [0.4, 0.5) is 0 Å². The predicted octanol–water partition coefficient (Wildman–Crippen LogP) is -6.85. The van der Waals surface area contributed by atoms with Crippen molar-refractivity contribution in [3.05, 3.63) is 36.4 Å². The maximum atomic E-state index is 10.7. The van der Waals surface area contributed by atoms with Crippen molar-refractivity contribution in [1.29, 1.82) is 0 Å². The molecule has 0 fully saturated rings. The smallest absolute Gasteiger partial charge is 0.744 e. The van der Waals surface area contributed by atoms with Crippen LogP contribution in [0.25, 0.3) is 22.1 Å². The maximum absolute atomic E-state index is 10.7. The summed E-state index contributed by atoms with van der Waals surface area (Å²) in [5.41, 5.74) is -0.126. The van der Waals surface area contributed by atoms with E-state index in [-0.39, 0.29) is 81.2 Å². The third kappa shape index (κ3) is 5.47. The fourth-order valence-electron chi connectivity index (χ4n) is 2.22. The molecule has 30 heavy (non-hydrogen) atoms. The molecule has 0 saturated heterocycles. The maximum Gasteiger partial charge on any atom is 1.00 e. The number of aromatic nitrogens is 6. The van der Waals surface area contributed by atoms with Crippen LogP contribution in [0.15, 0.2) is 46.2 Å². The Bertz CT molecular complexity index is 1290. The zero-order valence-electron chi connectivity index (χ0n) is 15.3. The molecule has 0 unspecified atom stereocenters. The van der Waals surface area contributed by atoms with Crippen LogP contribution in [0.1, 0.15) is 0 Å². The van der Waals surface area contributed by atoms with E-state index in [9.17, 15) is 25.9 Å². The summed E-state index contributed by atoms with van der Waals surface area (Å²) in [4.78, 5) is -0.167. The van der Waals surface area contributed by atoms with Gasteiger partial charge in [0.25, 0.3) is 0 Å². The van der Waals surface area contributed by atoms with Gasteiger partial charge in [0.1, 0.15) is 42.3 Å². The molecule has 0 aliphatic rings. The van der Waals surface area contributed by atoms with Crippen molar-refractivity contribution < 1.29 is 95.5 Å². The molecule has 2 aromatic heterocycles. The summed E-state index contributed by atoms with van der Waals surface area (Å²) in [6, 6.07) is 7.65. The van der Waals surface area contributed by atoms with Crippen LogP contribution >= 0.6 is 0 Å². The molecule has 14 nitrogen and oxygen atoms in total. The largest absolute Gasteiger partial charge is 1.00 e. The summed E-state index contributed by atoms with van der Waals surface area (Å²) in [5, 5.41) is 31.2. The van der Waals surface area contributed by atoms with Gasteiger partial charge < -0.3 is 19.5 Å². The number of rotatable bonds is 2. The molecule has 0 atom stereocenters. The Labute approximate surface area is 212 Å². The van der Waals surface area contributed by atoms with E-state index in [0.717, 1.165) is 12.1 Å². The first-order chi connectivity index (χ1) is 13.0. The molecule has 0 saturated carbocycles. The number of benzene rings is 2. The van der Waals surface area contributed by atoms with Gasteiger partial charge in [-0.2, -0.15) is 0 Å². The summed E-state index contributed by atoms with van der Waals surface area (Å²) < 4.78 is 64.5.